The molecule has 0 amide bonds. The fourth-order valence-corrected chi connectivity index (χ4v) is 3.54. The zero-order valence-corrected chi connectivity index (χ0v) is 16.7. The van der Waals surface area contributed by atoms with Crippen molar-refractivity contribution in [2.24, 2.45) is 7.05 Å². The summed E-state index contributed by atoms with van der Waals surface area (Å²) in [6.07, 6.45) is 9.56. The molecule has 1 aromatic carbocycles. The molecule has 0 radical (unpaired) electrons. The first-order valence-corrected chi connectivity index (χ1v) is 9.57. The highest BCUT2D eigenvalue weighted by Gasteiger charge is 2.21. The first-order valence-electron chi connectivity index (χ1n) is 9.57. The number of allylic oxidation sites excluding steroid dienone is 4. The van der Waals surface area contributed by atoms with Gasteiger partial charge in [-0.05, 0) is 19.4 Å². The molecular formula is C22H23N5O2. The van der Waals surface area contributed by atoms with Gasteiger partial charge in [0, 0.05) is 26.3 Å². The van der Waals surface area contributed by atoms with Gasteiger partial charge in [0.25, 0.3) is 5.56 Å². The summed E-state index contributed by atoms with van der Waals surface area (Å²) in [5.41, 5.74) is 2.08. The lowest BCUT2D eigenvalue weighted by molar-refractivity contribution is 0.666. The van der Waals surface area contributed by atoms with Crippen LogP contribution in [0.25, 0.3) is 28.2 Å². The topological polar surface area (TPSA) is 66.2 Å². The first kappa shape index (κ1) is 18.7. The molecule has 0 aliphatic rings. The molecule has 3 aromatic heterocycles. The van der Waals surface area contributed by atoms with Crippen molar-refractivity contribution in [3.8, 4) is 11.3 Å². The summed E-state index contributed by atoms with van der Waals surface area (Å²) in [5.74, 6) is 0.632. The van der Waals surface area contributed by atoms with Gasteiger partial charge in [-0.25, -0.2) is 4.79 Å². The quantitative estimate of drug-likeness (QED) is 0.493. The van der Waals surface area contributed by atoms with Crippen LogP contribution in [0.1, 0.15) is 13.8 Å². The van der Waals surface area contributed by atoms with Gasteiger partial charge in [-0.1, -0.05) is 54.6 Å². The van der Waals surface area contributed by atoms with Gasteiger partial charge in [0.1, 0.15) is 0 Å². The molecule has 0 saturated heterocycles. The molecule has 0 aliphatic heterocycles. The Labute approximate surface area is 167 Å². The summed E-state index contributed by atoms with van der Waals surface area (Å²) >= 11 is 0. The number of fused-ring (bicyclic) bond motifs is 3. The number of hydrogen-bond acceptors (Lipinski definition) is 3. The number of hydrogen-bond donors (Lipinski definition) is 0. The minimum absolute atomic E-state index is 0.232. The second kappa shape index (κ2) is 7.43. The van der Waals surface area contributed by atoms with Crippen LogP contribution >= 0.6 is 0 Å². The minimum atomic E-state index is -0.371. The minimum Gasteiger partial charge on any atom is -0.306 e. The van der Waals surface area contributed by atoms with E-state index in [2.05, 4.69) is 9.55 Å². The normalized spacial score (nSPS) is 12.2. The summed E-state index contributed by atoms with van der Waals surface area (Å²) in [5, 5.41) is 0. The van der Waals surface area contributed by atoms with Gasteiger partial charge in [0.05, 0.1) is 5.69 Å². The van der Waals surface area contributed by atoms with E-state index in [0.717, 1.165) is 11.3 Å². The van der Waals surface area contributed by atoms with Gasteiger partial charge in [0.2, 0.25) is 5.78 Å². The number of aromatic nitrogens is 5. The Kier molecular flexibility index (Phi) is 4.80. The zero-order valence-electron chi connectivity index (χ0n) is 16.7. The van der Waals surface area contributed by atoms with Gasteiger partial charge in [-0.15, -0.1) is 0 Å². The molecule has 0 fully saturated rings. The smallest absolute Gasteiger partial charge is 0.306 e. The van der Waals surface area contributed by atoms with Crippen molar-refractivity contribution in [2.45, 2.75) is 26.9 Å². The van der Waals surface area contributed by atoms with Crippen molar-refractivity contribution in [1.82, 2.24) is 23.1 Å². The molecule has 0 bridgehead atoms. The molecule has 7 nitrogen and oxygen atoms in total. The van der Waals surface area contributed by atoms with Crippen LogP contribution in [0.15, 0.2) is 70.4 Å². The summed E-state index contributed by atoms with van der Waals surface area (Å²) in [4.78, 5) is 30.5. The molecule has 0 N–H and O–H groups in total. The SMILES string of the molecule is C/C=C/Cn1c(=O)c2c(nc3n(C/C=C/C)c(-c4ccccc4)cn23)n(C)c1=O. The van der Waals surface area contributed by atoms with Crippen LogP contribution in [0.2, 0.25) is 0 Å². The van der Waals surface area contributed by atoms with Crippen LogP contribution in [0.3, 0.4) is 0 Å². The predicted molar refractivity (Wildman–Crippen MR) is 115 cm³/mol. The van der Waals surface area contributed by atoms with Crippen molar-refractivity contribution in [3.63, 3.8) is 0 Å². The summed E-state index contributed by atoms with van der Waals surface area (Å²) < 4.78 is 6.53. The highest BCUT2D eigenvalue weighted by Crippen LogP contribution is 2.25. The number of aryl methyl sites for hydroxylation is 1. The first-order chi connectivity index (χ1) is 14.1. The molecule has 4 rings (SSSR count). The van der Waals surface area contributed by atoms with Crippen molar-refractivity contribution >= 4 is 16.9 Å². The Morgan fingerprint density at radius 1 is 0.966 bits per heavy atom. The van der Waals surface area contributed by atoms with E-state index in [0.29, 0.717) is 23.5 Å². The highest BCUT2D eigenvalue weighted by atomic mass is 16.2. The monoisotopic (exact) mass is 389 g/mol. The van der Waals surface area contributed by atoms with E-state index in [-0.39, 0.29) is 17.8 Å². The van der Waals surface area contributed by atoms with Gasteiger partial charge in [-0.3, -0.25) is 18.3 Å². The van der Waals surface area contributed by atoms with Crippen LogP contribution < -0.4 is 11.2 Å². The van der Waals surface area contributed by atoms with Gasteiger partial charge in [0.15, 0.2) is 11.2 Å². The lowest BCUT2D eigenvalue weighted by atomic mass is 10.2. The molecule has 3 heterocycles. The maximum Gasteiger partial charge on any atom is 0.332 e. The van der Waals surface area contributed by atoms with Gasteiger partial charge >= 0.3 is 5.69 Å². The van der Waals surface area contributed by atoms with Crippen LogP contribution in [0.5, 0.6) is 0 Å². The van der Waals surface area contributed by atoms with Crippen molar-refractivity contribution in [3.05, 3.63) is 81.7 Å². The van der Waals surface area contributed by atoms with Crippen molar-refractivity contribution in [1.29, 1.82) is 0 Å². The average molecular weight is 389 g/mol. The molecule has 148 valence electrons. The molecule has 0 saturated carbocycles. The number of imidazole rings is 2. The molecule has 4 aromatic rings. The van der Waals surface area contributed by atoms with Gasteiger partial charge in [-0.2, -0.15) is 4.98 Å². The van der Waals surface area contributed by atoms with Crippen molar-refractivity contribution < 1.29 is 0 Å². The largest absolute Gasteiger partial charge is 0.332 e. The predicted octanol–water partition coefficient (Wildman–Crippen LogP) is 2.97. The molecule has 0 aliphatic carbocycles. The van der Waals surface area contributed by atoms with E-state index < -0.39 is 0 Å². The number of benzene rings is 1. The Morgan fingerprint density at radius 2 is 1.62 bits per heavy atom. The summed E-state index contributed by atoms with van der Waals surface area (Å²) in [6.45, 7) is 4.67. The third-order valence-electron chi connectivity index (χ3n) is 5.06. The second-order valence-electron chi connectivity index (χ2n) is 6.84. The molecule has 0 unspecified atom stereocenters. The number of nitrogens with zero attached hydrogens (tertiary/aromatic N) is 5. The fraction of sp³-hybridized carbons (Fsp3) is 0.227. The van der Waals surface area contributed by atoms with Gasteiger partial charge < -0.3 is 4.57 Å². The Hall–Kier alpha value is -3.61. The fourth-order valence-electron chi connectivity index (χ4n) is 3.54. The van der Waals surface area contributed by atoms with E-state index in [1.54, 1.807) is 17.5 Å². The summed E-state index contributed by atoms with van der Waals surface area (Å²) in [6, 6.07) is 10.00. The highest BCUT2D eigenvalue weighted by molar-refractivity contribution is 5.78. The van der Waals surface area contributed by atoms with E-state index >= 15 is 0 Å². The lowest BCUT2D eigenvalue weighted by Gasteiger charge is -2.07. The zero-order chi connectivity index (χ0) is 20.5. The number of rotatable bonds is 5. The molecule has 7 heteroatoms. The third-order valence-corrected chi connectivity index (χ3v) is 5.06. The Bertz CT molecular complexity index is 1360. The van der Waals surface area contributed by atoms with E-state index in [9.17, 15) is 9.59 Å². The molecule has 0 spiro atoms. The van der Waals surface area contributed by atoms with Crippen LogP contribution in [-0.4, -0.2) is 23.1 Å². The third kappa shape index (κ3) is 2.95. The van der Waals surface area contributed by atoms with Crippen molar-refractivity contribution in [2.75, 3.05) is 0 Å². The van der Waals surface area contributed by atoms with E-state index in [1.807, 2.05) is 68.6 Å². The average Bonchev–Trinajstić information content (AvgIpc) is 3.28. The van der Waals surface area contributed by atoms with Crippen LogP contribution in [0, 0.1) is 0 Å². The molecule has 0 atom stereocenters. The Balaban J connectivity index is 2.10. The lowest BCUT2D eigenvalue weighted by Crippen LogP contribution is -2.39. The van der Waals surface area contributed by atoms with E-state index in [4.69, 9.17) is 0 Å². The second-order valence-corrected chi connectivity index (χ2v) is 6.84. The Morgan fingerprint density at radius 3 is 2.28 bits per heavy atom. The summed E-state index contributed by atoms with van der Waals surface area (Å²) in [7, 11) is 1.65. The maximum atomic E-state index is 13.2. The van der Waals surface area contributed by atoms with Crippen LogP contribution in [-0.2, 0) is 20.1 Å². The molecular weight excluding hydrogens is 366 g/mol. The molecule has 29 heavy (non-hydrogen) atoms. The maximum absolute atomic E-state index is 13.2. The van der Waals surface area contributed by atoms with E-state index in [1.165, 1.54) is 9.13 Å². The standard InChI is InChI=1S/C22H23N5O2/c1-4-6-13-25-17(16-11-9-8-10-12-16)15-27-18-19(23-21(25)27)24(3)22(29)26(20(18)28)14-7-5-2/h4-12,15H,13-14H2,1-3H3/b6-4+,7-5+. The van der Waals surface area contributed by atoms with Crippen LogP contribution in [0.4, 0.5) is 0 Å².